The second-order valence-electron chi connectivity index (χ2n) is 5.60. The van der Waals surface area contributed by atoms with Crippen LogP contribution in [0.2, 0.25) is 0 Å². The minimum absolute atomic E-state index is 0. The molecule has 2 aromatic heterocycles. The van der Waals surface area contributed by atoms with E-state index in [4.69, 9.17) is 4.52 Å². The van der Waals surface area contributed by atoms with Crippen molar-refractivity contribution in [1.29, 1.82) is 0 Å². The summed E-state index contributed by atoms with van der Waals surface area (Å²) in [4.78, 5) is 12.1. The van der Waals surface area contributed by atoms with Gasteiger partial charge in [-0.3, -0.25) is 9.89 Å². The Morgan fingerprint density at radius 2 is 1.90 bits per heavy atom. The molecule has 29 heavy (non-hydrogen) atoms. The van der Waals surface area contributed by atoms with E-state index in [2.05, 4.69) is 25.4 Å². The molecule has 0 fully saturated rings. The van der Waals surface area contributed by atoms with Crippen LogP contribution < -0.4 is 10.0 Å². The molecule has 8 nitrogen and oxygen atoms in total. The van der Waals surface area contributed by atoms with Gasteiger partial charge in [-0.25, -0.2) is 8.93 Å². The highest BCUT2D eigenvalue weighted by atomic mass is 32.2. The Morgan fingerprint density at radius 3 is 2.55 bits per heavy atom. The summed E-state index contributed by atoms with van der Waals surface area (Å²) in [5, 5.41) is 13.7. The number of hydrogen-bond donors (Lipinski definition) is 3. The zero-order valence-corrected chi connectivity index (χ0v) is 17.0. The second-order valence-corrected chi connectivity index (χ2v) is 6.85. The van der Waals surface area contributed by atoms with Gasteiger partial charge in [-0.15, -0.1) is 0 Å². The third-order valence-corrected chi connectivity index (χ3v) is 4.60. The quantitative estimate of drug-likeness (QED) is 0.484. The van der Waals surface area contributed by atoms with Crippen LogP contribution >= 0.6 is 0 Å². The number of aromatic amines is 1. The molecule has 2 heterocycles. The zero-order valence-electron chi connectivity index (χ0n) is 16.2. The Labute approximate surface area is 174 Å². The zero-order chi connectivity index (χ0) is 20.4. The first-order valence-electron chi connectivity index (χ1n) is 9.11. The number of nitrogens with zero attached hydrogens (tertiary/aromatic N) is 2. The molecule has 0 spiro atoms. The summed E-state index contributed by atoms with van der Waals surface area (Å²) >= 11 is 0. The Morgan fingerprint density at radius 1 is 1.17 bits per heavy atom. The molecule has 0 bridgehead atoms. The van der Waals surface area contributed by atoms with E-state index in [-0.39, 0.29) is 19.0 Å². The van der Waals surface area contributed by atoms with Crippen LogP contribution in [0.4, 0.5) is 0 Å². The van der Waals surface area contributed by atoms with Crippen molar-refractivity contribution >= 4 is 16.9 Å². The van der Waals surface area contributed by atoms with Crippen molar-refractivity contribution in [2.45, 2.75) is 39.6 Å². The van der Waals surface area contributed by atoms with E-state index in [9.17, 15) is 9.00 Å². The lowest BCUT2D eigenvalue weighted by Gasteiger charge is -2.03. The monoisotopic (exact) mass is 419 g/mol. The van der Waals surface area contributed by atoms with Crippen LogP contribution in [0.1, 0.15) is 43.9 Å². The molecule has 0 saturated carbocycles. The number of benzene rings is 1. The first kappa shape index (κ1) is 24.3. The topological polar surface area (TPSA) is 113 Å². The van der Waals surface area contributed by atoms with Crippen molar-refractivity contribution in [2.75, 3.05) is 13.1 Å². The number of amides is 1. The SMILES string of the molecule is C.CC.Cc1cc(S(=O)NCCCNC(=O)c2cc(-c3ccccc3)on2)n[nH]1. The third-order valence-electron chi connectivity index (χ3n) is 3.55. The van der Waals surface area contributed by atoms with E-state index >= 15 is 0 Å². The fourth-order valence-corrected chi connectivity index (χ4v) is 3.12. The van der Waals surface area contributed by atoms with E-state index < -0.39 is 11.0 Å². The number of nitrogens with one attached hydrogen (secondary N) is 3. The third kappa shape index (κ3) is 7.28. The van der Waals surface area contributed by atoms with E-state index in [1.807, 2.05) is 51.1 Å². The van der Waals surface area contributed by atoms with E-state index in [0.29, 0.717) is 30.3 Å². The predicted octanol–water partition coefficient (Wildman–Crippen LogP) is 3.47. The summed E-state index contributed by atoms with van der Waals surface area (Å²) in [5.74, 6) is 0.238. The fourth-order valence-electron chi connectivity index (χ4n) is 2.23. The Kier molecular flexibility index (Phi) is 10.6. The lowest BCUT2D eigenvalue weighted by Crippen LogP contribution is -2.28. The van der Waals surface area contributed by atoms with E-state index in [1.54, 1.807) is 12.1 Å². The minimum atomic E-state index is -1.36. The molecule has 1 atom stereocenters. The van der Waals surface area contributed by atoms with Crippen LogP contribution in [-0.2, 0) is 11.0 Å². The van der Waals surface area contributed by atoms with Crippen molar-refractivity contribution in [3.05, 3.63) is 53.9 Å². The molecule has 158 valence electrons. The normalized spacial score (nSPS) is 11.0. The molecule has 0 aliphatic rings. The maximum Gasteiger partial charge on any atom is 0.273 e. The highest BCUT2D eigenvalue weighted by Gasteiger charge is 2.13. The number of rotatable bonds is 8. The molecule has 9 heteroatoms. The standard InChI is InChI=1S/C17H19N5O3S.C2H6.CH4/c1-12-10-16(21-20-12)26(24)19-9-5-8-18-17(23)14-11-15(25-22-14)13-6-3-2-4-7-13;1-2;/h2-4,6-7,10-11,19H,5,8-9H2,1H3,(H,18,23)(H,20,21);1-2H3;1H4. The number of H-pyrrole nitrogens is 1. The molecule has 1 aromatic carbocycles. The summed E-state index contributed by atoms with van der Waals surface area (Å²) < 4.78 is 20.0. The Bertz CT molecular complexity index is 892. The highest BCUT2D eigenvalue weighted by Crippen LogP contribution is 2.19. The van der Waals surface area contributed by atoms with Gasteiger partial charge in [0.2, 0.25) is 0 Å². The van der Waals surface area contributed by atoms with Crippen LogP contribution in [0.3, 0.4) is 0 Å². The first-order valence-corrected chi connectivity index (χ1v) is 10.3. The lowest BCUT2D eigenvalue weighted by atomic mass is 10.1. The maximum absolute atomic E-state index is 12.1. The molecule has 3 rings (SSSR count). The van der Waals surface area contributed by atoms with Crippen LogP contribution in [0.25, 0.3) is 11.3 Å². The van der Waals surface area contributed by atoms with Gasteiger partial charge in [0.15, 0.2) is 16.5 Å². The summed E-state index contributed by atoms with van der Waals surface area (Å²) in [6.45, 7) is 6.75. The fraction of sp³-hybridized carbons (Fsp3) is 0.350. The van der Waals surface area contributed by atoms with Gasteiger partial charge in [-0.05, 0) is 19.4 Å². The van der Waals surface area contributed by atoms with Gasteiger partial charge < -0.3 is 9.84 Å². The average Bonchev–Trinajstić information content (AvgIpc) is 3.39. The maximum atomic E-state index is 12.1. The van der Waals surface area contributed by atoms with Crippen molar-refractivity contribution in [3.63, 3.8) is 0 Å². The molecular weight excluding hydrogens is 390 g/mol. The van der Waals surface area contributed by atoms with Gasteiger partial charge in [-0.1, -0.05) is 56.8 Å². The minimum Gasteiger partial charge on any atom is -0.355 e. The number of carbonyl (C=O) groups is 1. The molecule has 0 aliphatic heterocycles. The van der Waals surface area contributed by atoms with Crippen molar-refractivity contribution in [1.82, 2.24) is 25.4 Å². The van der Waals surface area contributed by atoms with Crippen LogP contribution in [0.15, 0.2) is 52.0 Å². The van der Waals surface area contributed by atoms with Gasteiger partial charge in [0.1, 0.15) is 11.0 Å². The van der Waals surface area contributed by atoms with Gasteiger partial charge >= 0.3 is 0 Å². The number of carbonyl (C=O) groups excluding carboxylic acids is 1. The van der Waals surface area contributed by atoms with Crippen molar-refractivity contribution < 1.29 is 13.5 Å². The molecule has 1 amide bonds. The molecule has 1 unspecified atom stereocenters. The molecular formula is C20H29N5O3S. The Balaban J connectivity index is 0.00000136. The second kappa shape index (κ2) is 12.6. The number of hydrogen-bond acceptors (Lipinski definition) is 5. The Hall–Kier alpha value is -2.78. The largest absolute Gasteiger partial charge is 0.355 e. The highest BCUT2D eigenvalue weighted by molar-refractivity contribution is 7.83. The average molecular weight is 420 g/mol. The van der Waals surface area contributed by atoms with Crippen molar-refractivity contribution in [3.8, 4) is 11.3 Å². The predicted molar refractivity (Wildman–Crippen MR) is 115 cm³/mol. The summed E-state index contributed by atoms with van der Waals surface area (Å²) in [6, 6.07) is 12.8. The molecule has 0 saturated heterocycles. The lowest BCUT2D eigenvalue weighted by molar-refractivity contribution is 0.0944. The van der Waals surface area contributed by atoms with Crippen LogP contribution in [-0.4, -0.2) is 38.6 Å². The summed E-state index contributed by atoms with van der Waals surface area (Å²) in [5.41, 5.74) is 1.94. The van der Waals surface area contributed by atoms with E-state index in [1.165, 1.54) is 0 Å². The summed E-state index contributed by atoms with van der Waals surface area (Å²) in [6.07, 6.45) is 0.615. The first-order chi connectivity index (χ1) is 13.6. The molecule has 0 radical (unpaired) electrons. The molecule has 0 aliphatic carbocycles. The van der Waals surface area contributed by atoms with E-state index in [0.717, 1.165) is 11.3 Å². The van der Waals surface area contributed by atoms with Gasteiger partial charge in [0.05, 0.1) is 0 Å². The van der Waals surface area contributed by atoms with Crippen molar-refractivity contribution in [2.24, 2.45) is 0 Å². The summed E-state index contributed by atoms with van der Waals surface area (Å²) in [7, 11) is -1.36. The van der Waals surface area contributed by atoms with Crippen LogP contribution in [0, 0.1) is 6.92 Å². The molecule has 3 N–H and O–H groups in total. The van der Waals surface area contributed by atoms with Crippen LogP contribution in [0.5, 0.6) is 0 Å². The van der Waals surface area contributed by atoms with Gasteiger partial charge in [-0.2, -0.15) is 5.10 Å². The number of aryl methyl sites for hydroxylation is 1. The number of aromatic nitrogens is 3. The smallest absolute Gasteiger partial charge is 0.273 e. The molecule has 3 aromatic rings. The van der Waals surface area contributed by atoms with Gasteiger partial charge in [0.25, 0.3) is 5.91 Å². The van der Waals surface area contributed by atoms with Gasteiger partial charge in [0, 0.05) is 30.4 Å².